The molecule has 0 fully saturated rings. The van der Waals surface area contributed by atoms with Crippen LogP contribution in [0, 0.1) is 6.92 Å². The molecule has 17 heavy (non-hydrogen) atoms. The monoisotopic (exact) mass is 249 g/mol. The van der Waals surface area contributed by atoms with E-state index in [1.807, 2.05) is 19.1 Å². The van der Waals surface area contributed by atoms with Gasteiger partial charge in [0, 0.05) is 10.5 Å². The Bertz CT molecular complexity index is 526. The zero-order valence-electron chi connectivity index (χ0n) is 9.17. The van der Waals surface area contributed by atoms with Gasteiger partial charge in [-0.3, -0.25) is 4.79 Å². The van der Waals surface area contributed by atoms with Gasteiger partial charge >= 0.3 is 0 Å². The van der Waals surface area contributed by atoms with E-state index in [9.17, 15) is 4.79 Å². The molecule has 0 spiro atoms. The number of hydrogen-bond donors (Lipinski definition) is 2. The lowest BCUT2D eigenvalue weighted by atomic mass is 10.1. The van der Waals surface area contributed by atoms with E-state index in [1.54, 1.807) is 6.07 Å². The van der Waals surface area contributed by atoms with E-state index in [-0.39, 0.29) is 12.5 Å². The van der Waals surface area contributed by atoms with Crippen molar-refractivity contribution in [3.63, 3.8) is 0 Å². The molecule has 1 amide bonds. The second-order valence-electron chi connectivity index (χ2n) is 3.53. The van der Waals surface area contributed by atoms with Crippen LogP contribution < -0.4 is 5.32 Å². The number of amides is 1. The van der Waals surface area contributed by atoms with E-state index in [4.69, 9.17) is 0 Å². The molecule has 0 atom stereocenters. The zero-order chi connectivity index (χ0) is 12.3. The van der Waals surface area contributed by atoms with E-state index in [0.717, 1.165) is 10.5 Å². The third kappa shape index (κ3) is 2.85. The van der Waals surface area contributed by atoms with Gasteiger partial charge in [-0.25, -0.2) is 0 Å². The molecule has 0 saturated carbocycles. The summed E-state index contributed by atoms with van der Waals surface area (Å²) in [4.78, 5) is 16.4. The highest BCUT2D eigenvalue weighted by Crippen LogP contribution is 2.13. The predicted octanol–water partition coefficient (Wildman–Crippen LogP) is 1.60. The minimum atomic E-state index is -0.178. The highest BCUT2D eigenvalue weighted by atomic mass is 32.1. The van der Waals surface area contributed by atoms with Gasteiger partial charge in [0.1, 0.15) is 0 Å². The van der Waals surface area contributed by atoms with E-state index in [2.05, 4.69) is 32.6 Å². The van der Waals surface area contributed by atoms with Gasteiger partial charge in [0.15, 0.2) is 5.82 Å². The fourth-order valence-corrected chi connectivity index (χ4v) is 1.58. The lowest BCUT2D eigenvalue weighted by molar-refractivity contribution is 0.0949. The number of nitrogens with one attached hydrogen (secondary N) is 1. The largest absolute Gasteiger partial charge is 0.345 e. The minimum Gasteiger partial charge on any atom is -0.345 e. The van der Waals surface area contributed by atoms with Crippen LogP contribution in [0.1, 0.15) is 21.7 Å². The number of nitrogens with zero attached hydrogens (tertiary/aromatic N) is 2. The van der Waals surface area contributed by atoms with Crippen LogP contribution in [0.25, 0.3) is 0 Å². The molecule has 2 aromatic rings. The maximum atomic E-state index is 11.9. The number of carbonyl (C=O) groups is 1. The molecule has 0 unspecified atom stereocenters. The normalized spacial score (nSPS) is 10.2. The Morgan fingerprint density at radius 1 is 1.53 bits per heavy atom. The Labute approximate surface area is 104 Å². The molecule has 0 saturated heterocycles. The number of carbonyl (C=O) groups excluding carboxylic acids is 1. The Morgan fingerprint density at radius 2 is 2.35 bits per heavy atom. The minimum absolute atomic E-state index is 0.178. The number of thiol groups is 1. The molecule has 1 N–H and O–H groups in total. The first-order valence-electron chi connectivity index (χ1n) is 5.00. The quantitative estimate of drug-likeness (QED) is 0.811. The van der Waals surface area contributed by atoms with E-state index in [1.165, 1.54) is 6.39 Å². The maximum absolute atomic E-state index is 11.9. The van der Waals surface area contributed by atoms with E-state index in [0.29, 0.717) is 11.4 Å². The molecule has 0 aliphatic heterocycles. The van der Waals surface area contributed by atoms with Crippen molar-refractivity contribution in [3.8, 4) is 0 Å². The smallest absolute Gasteiger partial charge is 0.251 e. The third-order valence-corrected chi connectivity index (χ3v) is 2.56. The van der Waals surface area contributed by atoms with Gasteiger partial charge in [0.25, 0.3) is 5.91 Å². The molecule has 6 heteroatoms. The van der Waals surface area contributed by atoms with Crippen molar-refractivity contribution < 1.29 is 9.32 Å². The Balaban J connectivity index is 2.07. The van der Waals surface area contributed by atoms with Crippen molar-refractivity contribution in [2.24, 2.45) is 0 Å². The van der Waals surface area contributed by atoms with Gasteiger partial charge in [-0.15, -0.1) is 12.6 Å². The summed E-state index contributed by atoms with van der Waals surface area (Å²) in [6.07, 6.45) is 1.22. The number of rotatable bonds is 3. The average Bonchev–Trinajstić information content (AvgIpc) is 2.82. The van der Waals surface area contributed by atoms with Gasteiger partial charge in [0.2, 0.25) is 6.39 Å². The summed E-state index contributed by atoms with van der Waals surface area (Å²) in [5, 5.41) is 6.32. The number of aryl methyl sites for hydroxylation is 1. The molecule has 0 bridgehead atoms. The van der Waals surface area contributed by atoms with Crippen LogP contribution >= 0.6 is 12.6 Å². The molecule has 2 rings (SSSR count). The molecule has 0 aliphatic rings. The number of hydrogen-bond acceptors (Lipinski definition) is 5. The van der Waals surface area contributed by atoms with Gasteiger partial charge in [0.05, 0.1) is 6.54 Å². The summed E-state index contributed by atoms with van der Waals surface area (Å²) in [6.45, 7) is 2.11. The van der Waals surface area contributed by atoms with Gasteiger partial charge < -0.3 is 9.84 Å². The topological polar surface area (TPSA) is 68.0 Å². The second kappa shape index (κ2) is 5.01. The van der Waals surface area contributed by atoms with Crippen LogP contribution in [0.3, 0.4) is 0 Å². The van der Waals surface area contributed by atoms with Crippen molar-refractivity contribution >= 4 is 18.5 Å². The highest BCUT2D eigenvalue weighted by Gasteiger charge is 2.09. The third-order valence-electron chi connectivity index (χ3n) is 2.28. The average molecular weight is 249 g/mol. The van der Waals surface area contributed by atoms with Crippen LogP contribution in [0.2, 0.25) is 0 Å². The van der Waals surface area contributed by atoms with Crippen LogP contribution in [0.15, 0.2) is 34.0 Å². The molecule has 1 aromatic heterocycles. The SMILES string of the molecule is Cc1ccc(S)cc1C(=O)NCc1ncon1. The fourth-order valence-electron chi connectivity index (χ4n) is 1.38. The maximum Gasteiger partial charge on any atom is 0.251 e. The summed E-state index contributed by atoms with van der Waals surface area (Å²) in [5.41, 5.74) is 1.49. The van der Waals surface area contributed by atoms with Crippen LogP contribution in [0.4, 0.5) is 0 Å². The summed E-state index contributed by atoms with van der Waals surface area (Å²) < 4.78 is 4.57. The molecule has 5 nitrogen and oxygen atoms in total. The van der Waals surface area contributed by atoms with Crippen molar-refractivity contribution in [1.29, 1.82) is 0 Å². The lowest BCUT2D eigenvalue weighted by Crippen LogP contribution is -2.24. The molecular formula is C11H11N3O2S. The second-order valence-corrected chi connectivity index (χ2v) is 4.05. The summed E-state index contributed by atoms with van der Waals surface area (Å²) >= 11 is 4.20. The van der Waals surface area contributed by atoms with Crippen LogP contribution in [0.5, 0.6) is 0 Å². The molecule has 88 valence electrons. The van der Waals surface area contributed by atoms with Crippen LogP contribution in [-0.2, 0) is 6.54 Å². The first-order chi connectivity index (χ1) is 8.16. The van der Waals surface area contributed by atoms with Crippen LogP contribution in [-0.4, -0.2) is 16.0 Å². The molecule has 0 aliphatic carbocycles. The van der Waals surface area contributed by atoms with Crippen molar-refractivity contribution in [3.05, 3.63) is 41.5 Å². The summed E-state index contributed by atoms with van der Waals surface area (Å²) in [6, 6.07) is 5.42. The Hall–Kier alpha value is -1.82. The zero-order valence-corrected chi connectivity index (χ0v) is 10.1. The standard InChI is InChI=1S/C11H11N3O2S/c1-7-2-3-8(17)4-9(7)11(15)12-5-10-13-6-16-14-10/h2-4,6,17H,5H2,1H3,(H,12,15). The molecular weight excluding hydrogens is 238 g/mol. The van der Waals surface area contributed by atoms with Gasteiger partial charge in [-0.1, -0.05) is 11.2 Å². The first kappa shape index (κ1) is 11.7. The number of aromatic nitrogens is 2. The Morgan fingerprint density at radius 3 is 3.06 bits per heavy atom. The van der Waals surface area contributed by atoms with E-state index >= 15 is 0 Å². The Kier molecular flexibility index (Phi) is 3.43. The summed E-state index contributed by atoms with van der Waals surface area (Å²) in [5.74, 6) is 0.265. The molecule has 1 aromatic carbocycles. The van der Waals surface area contributed by atoms with Gasteiger partial charge in [-0.05, 0) is 24.6 Å². The van der Waals surface area contributed by atoms with Crippen molar-refractivity contribution in [2.45, 2.75) is 18.4 Å². The highest BCUT2D eigenvalue weighted by molar-refractivity contribution is 7.80. The summed E-state index contributed by atoms with van der Waals surface area (Å²) in [7, 11) is 0. The van der Waals surface area contributed by atoms with E-state index < -0.39 is 0 Å². The fraction of sp³-hybridized carbons (Fsp3) is 0.182. The molecule has 0 radical (unpaired) electrons. The number of benzene rings is 1. The lowest BCUT2D eigenvalue weighted by Gasteiger charge is -2.06. The van der Waals surface area contributed by atoms with Gasteiger partial charge in [-0.2, -0.15) is 4.98 Å². The van der Waals surface area contributed by atoms with Crippen molar-refractivity contribution in [2.75, 3.05) is 0 Å². The molecule has 1 heterocycles. The first-order valence-corrected chi connectivity index (χ1v) is 5.44. The van der Waals surface area contributed by atoms with Crippen molar-refractivity contribution in [1.82, 2.24) is 15.5 Å². The predicted molar refractivity (Wildman–Crippen MR) is 63.9 cm³/mol.